The van der Waals surface area contributed by atoms with Gasteiger partial charge in [0.05, 0.1) is 6.54 Å². The van der Waals surface area contributed by atoms with Crippen LogP contribution in [-0.4, -0.2) is 34.2 Å². The number of hydrogen-bond donors (Lipinski definition) is 2. The molecule has 2 N–H and O–H groups in total. The molecule has 29 heavy (non-hydrogen) atoms. The Morgan fingerprint density at radius 3 is 2.66 bits per heavy atom. The second kappa shape index (κ2) is 8.69. The number of carbonyl (C=O) groups is 1. The average molecular weight is 458 g/mol. The van der Waals surface area contributed by atoms with Gasteiger partial charge in [-0.25, -0.2) is 9.53 Å². The van der Waals surface area contributed by atoms with E-state index in [4.69, 9.17) is 4.74 Å². The van der Waals surface area contributed by atoms with Gasteiger partial charge >= 0.3 is 6.09 Å². The van der Waals surface area contributed by atoms with Gasteiger partial charge in [-0.3, -0.25) is 0 Å². The lowest BCUT2D eigenvalue weighted by Gasteiger charge is -2.22. The van der Waals surface area contributed by atoms with Gasteiger partial charge in [-0.2, -0.15) is 0 Å². The van der Waals surface area contributed by atoms with Crippen molar-refractivity contribution in [3.63, 3.8) is 0 Å². The molecule has 0 aliphatic heterocycles. The minimum absolute atomic E-state index is 0.0933. The van der Waals surface area contributed by atoms with Gasteiger partial charge in [0, 0.05) is 32.7 Å². The van der Waals surface area contributed by atoms with Crippen LogP contribution in [0.25, 0.3) is 10.9 Å². The number of H-pyrrole nitrogens is 1. The number of hydrogen-bond acceptors (Lipinski definition) is 3. The molecule has 3 rings (SSSR count). The molecule has 0 bridgehead atoms. The summed E-state index contributed by atoms with van der Waals surface area (Å²) in [5, 5.41) is 16.7. The molecule has 2 aromatic carbocycles. The largest absolute Gasteiger partial charge is 0.623 e. The Morgan fingerprint density at radius 2 is 1.97 bits per heavy atom. The number of aromatic amines is 1. The normalized spacial score (nSPS) is 13.3. The van der Waals surface area contributed by atoms with Gasteiger partial charge in [0.25, 0.3) is 0 Å². The standard InChI is InChI=1S/C22H24BrN3O3/c1-22(2,3)29-21(27)25-13-19(26(28)14-15-8-5-4-6-9-15)16-12-24-18-11-7-10-17(23)20(16)18/h4-12,14,19,24H,13H2,1-3H3,(H,25,27)/b26-14-. The van der Waals surface area contributed by atoms with Gasteiger partial charge in [-0.05, 0) is 45.0 Å². The molecule has 3 aromatic rings. The van der Waals surface area contributed by atoms with Gasteiger partial charge in [0.15, 0.2) is 6.21 Å². The topological polar surface area (TPSA) is 80.2 Å². The highest BCUT2D eigenvalue weighted by molar-refractivity contribution is 9.10. The lowest BCUT2D eigenvalue weighted by atomic mass is 10.1. The third kappa shape index (κ3) is 5.38. The molecule has 0 aliphatic carbocycles. The van der Waals surface area contributed by atoms with E-state index < -0.39 is 17.7 Å². The van der Waals surface area contributed by atoms with Crippen molar-refractivity contribution >= 4 is 39.1 Å². The van der Waals surface area contributed by atoms with Crippen molar-refractivity contribution in [3.8, 4) is 0 Å². The zero-order valence-electron chi connectivity index (χ0n) is 16.6. The fourth-order valence-corrected chi connectivity index (χ4v) is 3.63. The Kier molecular flexibility index (Phi) is 6.27. The van der Waals surface area contributed by atoms with Crippen molar-refractivity contribution in [1.29, 1.82) is 0 Å². The summed E-state index contributed by atoms with van der Waals surface area (Å²) in [6.45, 7) is 5.48. The van der Waals surface area contributed by atoms with Crippen LogP contribution in [-0.2, 0) is 4.74 Å². The first-order chi connectivity index (χ1) is 13.7. The van der Waals surface area contributed by atoms with E-state index in [9.17, 15) is 10.0 Å². The van der Waals surface area contributed by atoms with E-state index in [1.54, 1.807) is 27.0 Å². The van der Waals surface area contributed by atoms with Crippen molar-refractivity contribution < 1.29 is 14.3 Å². The van der Waals surface area contributed by atoms with Crippen LogP contribution in [0, 0.1) is 5.21 Å². The van der Waals surface area contributed by atoms with Gasteiger partial charge in [0.2, 0.25) is 6.04 Å². The Morgan fingerprint density at radius 1 is 1.24 bits per heavy atom. The van der Waals surface area contributed by atoms with Gasteiger partial charge in [0.1, 0.15) is 5.60 Å². The third-order valence-corrected chi connectivity index (χ3v) is 4.93. The highest BCUT2D eigenvalue weighted by Crippen LogP contribution is 2.32. The molecule has 1 unspecified atom stereocenters. The number of carbonyl (C=O) groups excluding carboxylic acids is 1. The SMILES string of the molecule is CC(C)(C)OC(=O)NCC(c1c[nH]c2cccc(Br)c12)/[N+]([O-])=C/c1ccccc1. The van der Waals surface area contributed by atoms with Gasteiger partial charge in [-0.15, -0.1) is 0 Å². The Hall–Kier alpha value is -2.80. The van der Waals surface area contributed by atoms with E-state index in [1.165, 1.54) is 6.21 Å². The summed E-state index contributed by atoms with van der Waals surface area (Å²) >= 11 is 3.57. The van der Waals surface area contributed by atoms with Crippen molar-refractivity contribution in [3.05, 3.63) is 75.5 Å². The number of nitrogens with zero attached hydrogens (tertiary/aromatic N) is 1. The summed E-state index contributed by atoms with van der Waals surface area (Å²) in [4.78, 5) is 15.4. The molecule has 152 valence electrons. The first-order valence-electron chi connectivity index (χ1n) is 9.32. The number of benzene rings is 2. The Labute approximate surface area is 178 Å². The van der Waals surface area contributed by atoms with E-state index in [1.807, 2.05) is 48.5 Å². The Bertz CT molecular complexity index is 1020. The zero-order chi connectivity index (χ0) is 21.0. The second-order valence-electron chi connectivity index (χ2n) is 7.70. The fourth-order valence-electron chi connectivity index (χ4n) is 3.04. The first kappa shape index (κ1) is 20.9. The smallest absolute Gasteiger partial charge is 0.407 e. The average Bonchev–Trinajstić information content (AvgIpc) is 3.06. The number of amides is 1. The number of alkyl carbamates (subject to hydrolysis) is 1. The number of halogens is 1. The minimum atomic E-state index is -0.643. The number of rotatable bonds is 5. The predicted molar refractivity (Wildman–Crippen MR) is 118 cm³/mol. The number of hydroxylamine groups is 1. The molecule has 0 saturated heterocycles. The van der Waals surface area contributed by atoms with Crippen molar-refractivity contribution in [2.45, 2.75) is 32.4 Å². The van der Waals surface area contributed by atoms with Gasteiger partial charge < -0.3 is 20.2 Å². The molecule has 0 spiro atoms. The molecule has 0 aliphatic rings. The predicted octanol–water partition coefficient (Wildman–Crippen LogP) is 5.13. The molecule has 1 amide bonds. The maximum atomic E-state index is 13.1. The van der Waals surface area contributed by atoms with E-state index in [0.717, 1.165) is 31.2 Å². The van der Waals surface area contributed by atoms with E-state index >= 15 is 0 Å². The third-order valence-electron chi connectivity index (χ3n) is 4.27. The lowest BCUT2D eigenvalue weighted by molar-refractivity contribution is -0.500. The highest BCUT2D eigenvalue weighted by atomic mass is 79.9. The van der Waals surface area contributed by atoms with Crippen LogP contribution < -0.4 is 5.32 Å². The first-order valence-corrected chi connectivity index (χ1v) is 10.1. The highest BCUT2D eigenvalue weighted by Gasteiger charge is 2.26. The molecule has 0 radical (unpaired) electrons. The molecule has 7 heteroatoms. The van der Waals surface area contributed by atoms with Gasteiger partial charge in [-0.1, -0.05) is 40.2 Å². The Balaban J connectivity index is 1.95. The molecular weight excluding hydrogens is 434 g/mol. The van der Waals surface area contributed by atoms with Crippen LogP contribution in [0.1, 0.15) is 37.9 Å². The number of nitrogens with one attached hydrogen (secondary N) is 2. The van der Waals surface area contributed by atoms with Crippen LogP contribution in [0.15, 0.2) is 59.2 Å². The fraction of sp³-hybridized carbons (Fsp3) is 0.273. The second-order valence-corrected chi connectivity index (χ2v) is 8.56. The summed E-state index contributed by atoms with van der Waals surface area (Å²) in [5.74, 6) is 0. The van der Waals surface area contributed by atoms with E-state index in [2.05, 4.69) is 26.2 Å². The summed E-state index contributed by atoms with van der Waals surface area (Å²) in [6.07, 6.45) is 2.77. The maximum absolute atomic E-state index is 13.1. The van der Waals surface area contributed by atoms with Crippen LogP contribution in [0.3, 0.4) is 0 Å². The zero-order valence-corrected chi connectivity index (χ0v) is 18.2. The molecule has 1 heterocycles. The van der Waals surface area contributed by atoms with Crippen molar-refractivity contribution in [2.24, 2.45) is 0 Å². The van der Waals surface area contributed by atoms with E-state index in [-0.39, 0.29) is 6.54 Å². The monoisotopic (exact) mass is 457 g/mol. The van der Waals surface area contributed by atoms with E-state index in [0.29, 0.717) is 0 Å². The summed E-state index contributed by atoms with van der Waals surface area (Å²) in [5.41, 5.74) is 1.86. The molecule has 6 nitrogen and oxygen atoms in total. The molecule has 1 atom stereocenters. The number of aromatic nitrogens is 1. The number of fused-ring (bicyclic) bond motifs is 1. The summed E-state index contributed by atoms with van der Waals surface area (Å²) in [7, 11) is 0. The lowest BCUT2D eigenvalue weighted by Crippen LogP contribution is -2.36. The number of ether oxygens (including phenoxy) is 1. The van der Waals surface area contributed by atoms with Crippen LogP contribution >= 0.6 is 15.9 Å². The van der Waals surface area contributed by atoms with Crippen LogP contribution in [0.2, 0.25) is 0 Å². The maximum Gasteiger partial charge on any atom is 0.407 e. The van der Waals surface area contributed by atoms with Crippen molar-refractivity contribution in [1.82, 2.24) is 10.3 Å². The molecule has 0 fully saturated rings. The minimum Gasteiger partial charge on any atom is -0.623 e. The van der Waals surface area contributed by atoms with Crippen LogP contribution in [0.5, 0.6) is 0 Å². The molecular formula is C22H24BrN3O3. The van der Waals surface area contributed by atoms with Crippen LogP contribution in [0.4, 0.5) is 4.79 Å². The summed E-state index contributed by atoms with van der Waals surface area (Å²) < 4.78 is 7.06. The summed E-state index contributed by atoms with van der Waals surface area (Å²) in [6, 6.07) is 14.5. The molecule has 0 saturated carbocycles. The molecule has 1 aromatic heterocycles. The quantitative estimate of drug-likeness (QED) is 0.241. The van der Waals surface area contributed by atoms with Crippen molar-refractivity contribution in [2.75, 3.05) is 6.54 Å².